The van der Waals surface area contributed by atoms with E-state index >= 15 is 0 Å². The van der Waals surface area contributed by atoms with Crippen LogP contribution in [-0.4, -0.2) is 16.3 Å². The number of aromatic nitrogens is 1. The molecule has 0 fully saturated rings. The number of nitrogens with zero attached hydrogens (tertiary/aromatic N) is 1. The summed E-state index contributed by atoms with van der Waals surface area (Å²) in [6.07, 6.45) is -5.68. The lowest BCUT2D eigenvalue weighted by Crippen LogP contribution is -2.26. The number of hydrogen-bond donors (Lipinski definition) is 0. The third kappa shape index (κ3) is 2.50. The predicted molar refractivity (Wildman–Crippen MR) is 68.7 cm³/mol. The van der Waals surface area contributed by atoms with Crippen molar-refractivity contribution in [3.8, 4) is 5.69 Å². The second-order valence-electron chi connectivity index (χ2n) is 5.07. The Labute approximate surface area is 130 Å². The molecule has 1 aromatic heterocycles. The van der Waals surface area contributed by atoms with Gasteiger partial charge in [0.25, 0.3) is 0 Å². The monoisotopic (exact) mass is 353 g/mol. The van der Waals surface area contributed by atoms with Crippen LogP contribution >= 0.6 is 11.6 Å². The summed E-state index contributed by atoms with van der Waals surface area (Å²) in [5.74, 6) is -6.66. The number of carbonyl (C=O) groups excluding carboxylic acids is 1. The molecule has 9 heteroatoms. The number of hydrogen-bond acceptors (Lipinski definition) is 1. The Kier molecular flexibility index (Phi) is 3.30. The molecule has 0 spiro atoms. The van der Waals surface area contributed by atoms with E-state index in [0.29, 0.717) is 6.20 Å². The smallest absolute Gasteiger partial charge is 0.319 e. The van der Waals surface area contributed by atoms with E-state index in [0.717, 1.165) is 22.8 Å². The van der Waals surface area contributed by atoms with Gasteiger partial charge in [-0.3, -0.25) is 4.79 Å². The minimum atomic E-state index is -5.00. The highest BCUT2D eigenvalue weighted by Crippen LogP contribution is 2.44. The number of alkyl halides is 5. The highest BCUT2D eigenvalue weighted by Gasteiger charge is 2.53. The summed E-state index contributed by atoms with van der Waals surface area (Å²) in [7, 11) is 0. The van der Waals surface area contributed by atoms with E-state index in [-0.39, 0.29) is 10.7 Å². The van der Waals surface area contributed by atoms with Crippen molar-refractivity contribution in [2.45, 2.75) is 18.5 Å². The van der Waals surface area contributed by atoms with Gasteiger partial charge in [0.1, 0.15) is 5.82 Å². The van der Waals surface area contributed by atoms with Crippen LogP contribution in [0.2, 0.25) is 5.02 Å². The van der Waals surface area contributed by atoms with E-state index in [9.17, 15) is 31.1 Å². The summed E-state index contributed by atoms with van der Waals surface area (Å²) in [5.41, 5.74) is -3.25. The van der Waals surface area contributed by atoms with Crippen LogP contribution in [0, 0.1) is 5.82 Å². The number of rotatable bonds is 1. The molecular formula is C14H6ClF6NO. The lowest BCUT2D eigenvalue weighted by molar-refractivity contribution is -0.137. The Morgan fingerprint density at radius 2 is 1.83 bits per heavy atom. The fourth-order valence-electron chi connectivity index (χ4n) is 2.57. The van der Waals surface area contributed by atoms with Crippen LogP contribution in [0.25, 0.3) is 5.69 Å². The summed E-state index contributed by atoms with van der Waals surface area (Å²) in [6.45, 7) is 0. The van der Waals surface area contributed by atoms with Crippen molar-refractivity contribution in [3.05, 3.63) is 52.1 Å². The molecule has 0 unspecified atom stereocenters. The first-order chi connectivity index (χ1) is 10.5. The van der Waals surface area contributed by atoms with E-state index in [2.05, 4.69) is 0 Å². The predicted octanol–water partition coefficient (Wildman–Crippen LogP) is 4.66. The normalized spacial score (nSPS) is 16.7. The molecule has 1 heterocycles. The number of fused-ring (bicyclic) bond motifs is 1. The van der Waals surface area contributed by atoms with Crippen LogP contribution in [0.1, 0.15) is 21.6 Å². The van der Waals surface area contributed by atoms with E-state index in [1.54, 1.807) is 0 Å². The van der Waals surface area contributed by atoms with E-state index < -0.39 is 46.9 Å². The quantitative estimate of drug-likeness (QED) is 0.683. The second-order valence-corrected chi connectivity index (χ2v) is 5.51. The van der Waals surface area contributed by atoms with E-state index in [1.807, 2.05) is 0 Å². The van der Waals surface area contributed by atoms with Gasteiger partial charge < -0.3 is 4.57 Å². The van der Waals surface area contributed by atoms with Crippen molar-refractivity contribution in [3.63, 3.8) is 0 Å². The third-order valence-corrected chi connectivity index (χ3v) is 3.70. The summed E-state index contributed by atoms with van der Waals surface area (Å²) in [5, 5.41) is -0.118. The van der Waals surface area contributed by atoms with Gasteiger partial charge in [0, 0.05) is 22.6 Å². The van der Waals surface area contributed by atoms with E-state index in [1.165, 1.54) is 0 Å². The minimum absolute atomic E-state index is 0.118. The molecular weight excluding hydrogens is 348 g/mol. The van der Waals surface area contributed by atoms with Crippen LogP contribution in [0.5, 0.6) is 0 Å². The van der Waals surface area contributed by atoms with Crippen molar-refractivity contribution in [2.24, 2.45) is 0 Å². The first-order valence-corrected chi connectivity index (χ1v) is 6.59. The Morgan fingerprint density at radius 3 is 2.39 bits per heavy atom. The highest BCUT2D eigenvalue weighted by atomic mass is 35.5. The van der Waals surface area contributed by atoms with Gasteiger partial charge in [0.05, 0.1) is 17.5 Å². The van der Waals surface area contributed by atoms with Gasteiger partial charge in [-0.1, -0.05) is 11.6 Å². The molecule has 1 aliphatic rings. The highest BCUT2D eigenvalue weighted by molar-refractivity contribution is 6.30. The lowest BCUT2D eigenvalue weighted by Gasteiger charge is -2.11. The van der Waals surface area contributed by atoms with Crippen LogP contribution < -0.4 is 0 Å². The number of carbonyl (C=O) groups is 1. The fraction of sp³-hybridized carbons (Fsp3) is 0.214. The molecule has 0 saturated carbocycles. The van der Waals surface area contributed by atoms with Gasteiger partial charge >= 0.3 is 12.1 Å². The van der Waals surface area contributed by atoms with Gasteiger partial charge in [-0.2, -0.15) is 22.0 Å². The molecule has 2 aromatic rings. The average molecular weight is 354 g/mol. The Balaban J connectivity index is 2.29. The molecule has 0 bridgehead atoms. The van der Waals surface area contributed by atoms with Gasteiger partial charge in [0.15, 0.2) is 0 Å². The third-order valence-electron chi connectivity index (χ3n) is 3.49. The molecule has 0 N–H and O–H groups in total. The van der Waals surface area contributed by atoms with Crippen molar-refractivity contribution < 1.29 is 31.1 Å². The maximum atomic E-state index is 13.6. The first-order valence-electron chi connectivity index (χ1n) is 6.21. The molecule has 0 radical (unpaired) electrons. The number of halogens is 7. The van der Waals surface area contributed by atoms with Crippen molar-refractivity contribution in [1.82, 2.24) is 4.57 Å². The van der Waals surface area contributed by atoms with Gasteiger partial charge in [-0.05, 0) is 18.2 Å². The fourth-order valence-corrected chi connectivity index (χ4v) is 2.79. The Bertz CT molecular complexity index is 803. The molecule has 1 aromatic carbocycles. The lowest BCUT2D eigenvalue weighted by atomic mass is 10.1. The van der Waals surface area contributed by atoms with Gasteiger partial charge in [-0.15, -0.1) is 0 Å². The molecule has 0 aliphatic heterocycles. The van der Waals surface area contributed by atoms with Crippen LogP contribution in [-0.2, 0) is 12.6 Å². The number of ketones is 1. The molecule has 2 nitrogen and oxygen atoms in total. The Hall–Kier alpha value is -1.96. The van der Waals surface area contributed by atoms with E-state index in [4.69, 9.17) is 11.6 Å². The summed E-state index contributed by atoms with van der Waals surface area (Å²) < 4.78 is 80.4. The minimum Gasteiger partial charge on any atom is -0.319 e. The SMILES string of the molecule is O=C1c2c(C(F)(F)F)cn(-c3cc(F)cc(Cl)c3)c2CC1(F)F. The van der Waals surface area contributed by atoms with Crippen LogP contribution in [0.4, 0.5) is 26.3 Å². The summed E-state index contributed by atoms with van der Waals surface area (Å²) in [6, 6.07) is 2.87. The molecule has 0 atom stereocenters. The number of benzene rings is 1. The summed E-state index contributed by atoms with van der Waals surface area (Å²) in [4.78, 5) is 11.6. The molecule has 122 valence electrons. The molecule has 3 rings (SSSR count). The van der Waals surface area contributed by atoms with Gasteiger partial charge in [0.2, 0.25) is 5.78 Å². The molecule has 0 amide bonds. The zero-order valence-electron chi connectivity index (χ0n) is 11.0. The second kappa shape index (κ2) is 4.77. The van der Waals surface area contributed by atoms with Gasteiger partial charge in [-0.25, -0.2) is 4.39 Å². The molecule has 0 saturated heterocycles. The zero-order valence-corrected chi connectivity index (χ0v) is 11.8. The topological polar surface area (TPSA) is 22.0 Å². The first kappa shape index (κ1) is 15.9. The van der Waals surface area contributed by atoms with Crippen LogP contribution in [0.3, 0.4) is 0 Å². The van der Waals surface area contributed by atoms with Crippen molar-refractivity contribution in [2.75, 3.05) is 0 Å². The standard InChI is InChI=1S/C14H6ClF6NO/c15-6-1-7(16)3-8(2-6)22-5-9(14(19,20)21)11-10(22)4-13(17,18)12(11)23/h1-3,5H,4H2. The molecule has 23 heavy (non-hydrogen) atoms. The zero-order chi connectivity index (χ0) is 17.2. The number of Topliss-reactive ketones (excluding diaryl/α,β-unsaturated/α-hetero) is 1. The van der Waals surface area contributed by atoms with Crippen LogP contribution in [0.15, 0.2) is 24.4 Å². The maximum absolute atomic E-state index is 13.6. The maximum Gasteiger partial charge on any atom is 0.418 e. The van der Waals surface area contributed by atoms with Crippen molar-refractivity contribution >= 4 is 17.4 Å². The summed E-state index contributed by atoms with van der Waals surface area (Å²) >= 11 is 5.64. The largest absolute Gasteiger partial charge is 0.418 e. The molecule has 1 aliphatic carbocycles. The van der Waals surface area contributed by atoms with Crippen molar-refractivity contribution in [1.29, 1.82) is 0 Å². The average Bonchev–Trinajstić information content (AvgIpc) is 2.84. The Morgan fingerprint density at radius 1 is 1.17 bits per heavy atom.